The van der Waals surface area contributed by atoms with Crippen LogP contribution in [0.15, 0.2) is 0 Å². The molecule has 36 heavy (non-hydrogen) atoms. The summed E-state index contributed by atoms with van der Waals surface area (Å²) in [6.45, 7) is 39.1. The lowest BCUT2D eigenvalue weighted by molar-refractivity contribution is -0.0688. The molecule has 0 aromatic heterocycles. The molecule has 0 aliphatic heterocycles. The Kier molecular flexibility index (Phi) is 17.1. The first-order valence-electron chi connectivity index (χ1n) is 16.5. The van der Waals surface area contributed by atoms with E-state index in [0.29, 0.717) is 32.5 Å². The molecule has 0 aliphatic rings. The highest BCUT2D eigenvalue weighted by atomic mass is 14.6. The fourth-order valence-corrected chi connectivity index (χ4v) is 8.51. The first kappa shape index (κ1) is 38.1. The minimum atomic E-state index is 0.442. The zero-order valence-electron chi connectivity index (χ0n) is 28.9. The normalized spacial score (nSPS) is 19.3. The Morgan fingerprint density at radius 1 is 0.306 bits per heavy atom. The average Bonchev–Trinajstić information content (AvgIpc) is 2.79. The summed E-state index contributed by atoms with van der Waals surface area (Å²) >= 11 is 0. The van der Waals surface area contributed by atoms with Gasteiger partial charge in [0.2, 0.25) is 0 Å². The van der Waals surface area contributed by atoms with Crippen LogP contribution in [0.4, 0.5) is 0 Å². The number of hydrogen-bond donors (Lipinski definition) is 0. The van der Waals surface area contributed by atoms with Crippen molar-refractivity contribution in [1.82, 2.24) is 0 Å². The molecular formula is C36H76. The highest BCUT2D eigenvalue weighted by molar-refractivity contribution is 5.01. The number of rotatable bonds is 18. The van der Waals surface area contributed by atoms with Crippen LogP contribution in [0.25, 0.3) is 0 Å². The van der Waals surface area contributed by atoms with Gasteiger partial charge in [-0.3, -0.25) is 0 Å². The van der Waals surface area contributed by atoms with Crippen molar-refractivity contribution in [1.29, 1.82) is 0 Å². The maximum Gasteiger partial charge on any atom is -0.0221 e. The Morgan fingerprint density at radius 2 is 0.528 bits per heavy atom. The van der Waals surface area contributed by atoms with Crippen molar-refractivity contribution in [2.75, 3.05) is 0 Å². The van der Waals surface area contributed by atoms with Crippen LogP contribution in [0.1, 0.15) is 201 Å². The second kappa shape index (κ2) is 16.2. The smallest absolute Gasteiger partial charge is 0.0221 e. The van der Waals surface area contributed by atoms with Gasteiger partial charge in [-0.25, -0.2) is 0 Å². The van der Waals surface area contributed by atoms with Crippen LogP contribution >= 0.6 is 0 Å². The quantitative estimate of drug-likeness (QED) is 0.173. The van der Waals surface area contributed by atoms with E-state index in [4.69, 9.17) is 0 Å². The third-order valence-electron chi connectivity index (χ3n) is 12.1. The molecule has 4 unspecified atom stereocenters. The van der Waals surface area contributed by atoms with Gasteiger partial charge in [-0.1, -0.05) is 162 Å². The molecule has 0 aliphatic carbocycles. The third-order valence-corrected chi connectivity index (χ3v) is 12.1. The van der Waals surface area contributed by atoms with Crippen molar-refractivity contribution in [2.45, 2.75) is 201 Å². The van der Waals surface area contributed by atoms with Crippen molar-refractivity contribution >= 4 is 0 Å². The number of hydrogen-bond acceptors (Lipinski definition) is 0. The monoisotopic (exact) mass is 509 g/mol. The van der Waals surface area contributed by atoms with Crippen molar-refractivity contribution in [3.8, 4) is 0 Å². The second-order valence-electron chi connectivity index (χ2n) is 14.8. The van der Waals surface area contributed by atoms with Crippen LogP contribution in [0.5, 0.6) is 0 Å². The molecule has 4 atom stereocenters. The van der Waals surface area contributed by atoms with E-state index in [2.05, 4.69) is 111 Å². The van der Waals surface area contributed by atoms with Gasteiger partial charge in [0, 0.05) is 0 Å². The summed E-state index contributed by atoms with van der Waals surface area (Å²) in [7, 11) is 0. The molecule has 0 aromatic rings. The molecule has 0 saturated carbocycles. The van der Waals surface area contributed by atoms with Gasteiger partial charge in [0.25, 0.3) is 0 Å². The highest BCUT2D eigenvalue weighted by Gasteiger charge is 2.51. The molecule has 0 heterocycles. The van der Waals surface area contributed by atoms with Gasteiger partial charge in [-0.05, 0) is 71.0 Å². The van der Waals surface area contributed by atoms with Gasteiger partial charge in [0.05, 0.1) is 0 Å². The van der Waals surface area contributed by atoms with Gasteiger partial charge < -0.3 is 0 Å². The molecule has 0 rings (SSSR count). The molecule has 220 valence electrons. The third kappa shape index (κ3) is 8.50. The van der Waals surface area contributed by atoms with E-state index in [0.717, 1.165) is 0 Å². The average molecular weight is 509 g/mol. The minimum Gasteiger partial charge on any atom is -0.0654 e. The van der Waals surface area contributed by atoms with Crippen LogP contribution in [-0.2, 0) is 0 Å². The van der Waals surface area contributed by atoms with E-state index in [1.165, 1.54) is 89.9 Å². The summed E-state index contributed by atoms with van der Waals surface area (Å²) in [4.78, 5) is 0. The molecule has 0 N–H and O–H groups in total. The molecule has 0 spiro atoms. The zero-order chi connectivity index (χ0) is 28.9. The van der Waals surface area contributed by atoms with Gasteiger partial charge in [0.1, 0.15) is 0 Å². The first-order valence-corrected chi connectivity index (χ1v) is 16.5. The summed E-state index contributed by atoms with van der Waals surface area (Å²) in [6.07, 6.45) is 18.6. The predicted octanol–water partition coefficient (Wildman–Crippen LogP) is 13.7. The van der Waals surface area contributed by atoms with Crippen LogP contribution in [0.2, 0.25) is 0 Å². The molecule has 0 fully saturated rings. The lowest BCUT2D eigenvalue weighted by Crippen LogP contribution is -2.48. The lowest BCUT2D eigenvalue weighted by Gasteiger charge is -2.56. The molecule has 0 amide bonds. The van der Waals surface area contributed by atoms with Crippen molar-refractivity contribution in [3.05, 3.63) is 0 Å². The van der Waals surface area contributed by atoms with Crippen LogP contribution in [0.3, 0.4) is 0 Å². The molecule has 0 heteroatoms. The zero-order valence-corrected chi connectivity index (χ0v) is 28.9. The summed E-state index contributed by atoms with van der Waals surface area (Å²) in [6, 6.07) is 0. The summed E-state index contributed by atoms with van der Waals surface area (Å²) in [5.41, 5.74) is 2.76. The van der Waals surface area contributed by atoms with Crippen molar-refractivity contribution in [2.24, 2.45) is 32.5 Å². The fraction of sp³-hybridized carbons (Fsp3) is 1.00. The second-order valence-corrected chi connectivity index (χ2v) is 14.8. The highest BCUT2D eigenvalue weighted by Crippen LogP contribution is 2.60. The van der Waals surface area contributed by atoms with E-state index < -0.39 is 0 Å². The van der Waals surface area contributed by atoms with E-state index in [1.807, 2.05) is 0 Å². The van der Waals surface area contributed by atoms with E-state index in [-0.39, 0.29) is 0 Å². The Morgan fingerprint density at radius 3 is 0.694 bits per heavy atom. The Labute approximate surface area is 233 Å². The SMILES string of the molecule is CCCC(C)(C)C(C)(CCC)C(C)(CC)CCC.CCCC(C)(C)C(C)(CCC)C(C)(CC)CCC. The van der Waals surface area contributed by atoms with Crippen molar-refractivity contribution < 1.29 is 0 Å². The van der Waals surface area contributed by atoms with Gasteiger partial charge in [0.15, 0.2) is 0 Å². The molecular weight excluding hydrogens is 432 g/mol. The Bertz CT molecular complexity index is 506. The summed E-state index contributed by atoms with van der Waals surface area (Å²) < 4.78 is 0. The molecule has 0 bridgehead atoms. The molecule has 0 nitrogen and oxygen atoms in total. The topological polar surface area (TPSA) is 0 Å². The van der Waals surface area contributed by atoms with Crippen LogP contribution < -0.4 is 0 Å². The minimum absolute atomic E-state index is 0.442. The fourth-order valence-electron chi connectivity index (χ4n) is 8.51. The largest absolute Gasteiger partial charge is 0.0654 e. The molecule has 0 aromatic carbocycles. The van der Waals surface area contributed by atoms with E-state index in [9.17, 15) is 0 Å². The predicted molar refractivity (Wildman–Crippen MR) is 170 cm³/mol. The maximum atomic E-state index is 2.57. The van der Waals surface area contributed by atoms with Crippen LogP contribution in [-0.4, -0.2) is 0 Å². The summed E-state index contributed by atoms with van der Waals surface area (Å²) in [5, 5.41) is 0. The van der Waals surface area contributed by atoms with Crippen LogP contribution in [0, 0.1) is 32.5 Å². The Balaban J connectivity index is 0. The molecule has 0 saturated heterocycles. The van der Waals surface area contributed by atoms with Crippen molar-refractivity contribution in [3.63, 3.8) is 0 Å². The Hall–Kier alpha value is 0. The van der Waals surface area contributed by atoms with Gasteiger partial charge in [-0.2, -0.15) is 0 Å². The summed E-state index contributed by atoms with van der Waals surface area (Å²) in [5.74, 6) is 0. The van der Waals surface area contributed by atoms with Gasteiger partial charge >= 0.3 is 0 Å². The van der Waals surface area contributed by atoms with Gasteiger partial charge in [-0.15, -0.1) is 0 Å². The molecule has 0 radical (unpaired) electrons. The van der Waals surface area contributed by atoms with E-state index in [1.54, 1.807) is 0 Å². The van der Waals surface area contributed by atoms with E-state index >= 15 is 0 Å². The lowest BCUT2D eigenvalue weighted by atomic mass is 9.48. The maximum absolute atomic E-state index is 2.57. The first-order chi connectivity index (χ1) is 16.5. The standard InChI is InChI=1S/2C18H38/c2*1-9-13-16(5,6)18(8,15-11-3)17(7,12-4)14-10-2/h2*9-15H2,1-8H3.